The molecule has 32 heavy (non-hydrogen) atoms. The highest BCUT2D eigenvalue weighted by atomic mass is 32.1. The summed E-state index contributed by atoms with van der Waals surface area (Å²) in [7, 11) is 0. The van der Waals surface area contributed by atoms with E-state index in [1.165, 1.54) is 11.3 Å². The summed E-state index contributed by atoms with van der Waals surface area (Å²) in [5, 5.41) is 2.49. The SMILES string of the molecule is C=CCOc1ccc(C2C3=C(OC4CCC(C)CC4C3=O)C(=O)N2c2nc(C)cs2)cc1. The van der Waals surface area contributed by atoms with Crippen molar-refractivity contribution < 1.29 is 19.1 Å². The maximum absolute atomic E-state index is 13.7. The standard InChI is InChI=1S/C25H26N2O4S/c1-4-11-30-17-8-6-16(7-9-17)21-20-22(28)18-12-14(2)5-10-19(18)31-23(20)24(29)27(21)25-26-15(3)13-32-25/h4,6-9,13-14,18-19,21H,1,5,10-12H2,2-3H3. The Balaban J connectivity index is 1.58. The van der Waals surface area contributed by atoms with Crippen molar-refractivity contribution >= 4 is 28.2 Å². The second kappa shape index (κ2) is 8.20. The molecule has 0 N–H and O–H groups in total. The summed E-state index contributed by atoms with van der Waals surface area (Å²) in [5.41, 5.74) is 2.14. The van der Waals surface area contributed by atoms with Crippen LogP contribution >= 0.6 is 11.3 Å². The smallest absolute Gasteiger partial charge is 0.296 e. The zero-order valence-corrected chi connectivity index (χ0v) is 19.1. The van der Waals surface area contributed by atoms with Crippen molar-refractivity contribution in [2.24, 2.45) is 11.8 Å². The number of ketones is 1. The lowest BCUT2D eigenvalue weighted by molar-refractivity contribution is -0.132. The first-order chi connectivity index (χ1) is 15.5. The molecule has 7 heteroatoms. The number of thiazole rings is 1. The molecule has 1 aromatic heterocycles. The minimum absolute atomic E-state index is 0.0453. The molecule has 2 aromatic rings. The molecule has 3 heterocycles. The van der Waals surface area contributed by atoms with Crippen LogP contribution in [-0.4, -0.2) is 29.4 Å². The largest absolute Gasteiger partial charge is 0.490 e. The molecule has 1 aliphatic carbocycles. The number of carbonyl (C=O) groups excluding carboxylic acids is 2. The lowest BCUT2D eigenvalue weighted by Crippen LogP contribution is -2.41. The Labute approximate surface area is 191 Å². The maximum atomic E-state index is 13.7. The van der Waals surface area contributed by atoms with Gasteiger partial charge in [-0.1, -0.05) is 31.7 Å². The number of rotatable bonds is 5. The summed E-state index contributed by atoms with van der Waals surface area (Å²) in [5.74, 6) is 0.953. The van der Waals surface area contributed by atoms with E-state index in [2.05, 4.69) is 18.5 Å². The van der Waals surface area contributed by atoms with Crippen LogP contribution in [0.1, 0.15) is 43.5 Å². The van der Waals surface area contributed by atoms with Crippen LogP contribution in [0, 0.1) is 18.8 Å². The van der Waals surface area contributed by atoms with Crippen LogP contribution in [-0.2, 0) is 14.3 Å². The molecular weight excluding hydrogens is 424 g/mol. The molecule has 2 aliphatic heterocycles. The number of carbonyl (C=O) groups is 2. The number of amides is 1. The second-order valence-electron chi connectivity index (χ2n) is 8.81. The van der Waals surface area contributed by atoms with E-state index < -0.39 is 6.04 Å². The van der Waals surface area contributed by atoms with Crippen molar-refractivity contribution in [3.05, 3.63) is 64.9 Å². The molecule has 166 valence electrons. The maximum Gasteiger partial charge on any atom is 0.296 e. The number of hydrogen-bond acceptors (Lipinski definition) is 6. The Bertz CT molecular complexity index is 1100. The molecular formula is C25H26N2O4S. The van der Waals surface area contributed by atoms with Crippen molar-refractivity contribution in [2.45, 2.75) is 45.3 Å². The van der Waals surface area contributed by atoms with Crippen LogP contribution < -0.4 is 9.64 Å². The molecule has 1 aromatic carbocycles. The molecule has 0 saturated heterocycles. The zero-order valence-electron chi connectivity index (χ0n) is 18.2. The topological polar surface area (TPSA) is 68.7 Å². The number of aryl methyl sites for hydroxylation is 1. The molecule has 4 unspecified atom stereocenters. The van der Waals surface area contributed by atoms with E-state index in [0.29, 0.717) is 29.0 Å². The second-order valence-corrected chi connectivity index (χ2v) is 9.64. The van der Waals surface area contributed by atoms with E-state index in [0.717, 1.165) is 30.5 Å². The third-order valence-electron chi connectivity index (χ3n) is 6.49. The van der Waals surface area contributed by atoms with Crippen LogP contribution in [0.2, 0.25) is 0 Å². The van der Waals surface area contributed by atoms with Gasteiger partial charge < -0.3 is 9.47 Å². The van der Waals surface area contributed by atoms with Gasteiger partial charge in [-0.05, 0) is 49.8 Å². The normalized spacial score (nSPS) is 27.1. The van der Waals surface area contributed by atoms with Gasteiger partial charge >= 0.3 is 0 Å². The minimum Gasteiger partial charge on any atom is -0.490 e. The van der Waals surface area contributed by atoms with Gasteiger partial charge in [-0.2, -0.15) is 0 Å². The summed E-state index contributed by atoms with van der Waals surface area (Å²) < 4.78 is 11.8. The number of anilines is 1. The molecule has 5 rings (SSSR count). The van der Waals surface area contributed by atoms with E-state index >= 15 is 0 Å². The van der Waals surface area contributed by atoms with E-state index in [4.69, 9.17) is 9.47 Å². The van der Waals surface area contributed by atoms with Gasteiger partial charge in [0.05, 0.1) is 23.2 Å². The Kier molecular flexibility index (Phi) is 5.37. The highest BCUT2D eigenvalue weighted by Crippen LogP contribution is 2.49. The number of fused-ring (bicyclic) bond motifs is 1. The van der Waals surface area contributed by atoms with Crippen LogP contribution in [0.3, 0.4) is 0 Å². The van der Waals surface area contributed by atoms with E-state index in [9.17, 15) is 9.59 Å². The molecule has 1 saturated carbocycles. The first-order valence-electron chi connectivity index (χ1n) is 11.0. The van der Waals surface area contributed by atoms with Gasteiger partial charge in [0.25, 0.3) is 5.91 Å². The Hall–Kier alpha value is -2.93. The fraction of sp³-hybridized carbons (Fsp3) is 0.400. The molecule has 1 amide bonds. The number of Topliss-reactive ketones (excluding diaryl/α,β-unsaturated/α-hetero) is 1. The molecule has 0 spiro atoms. The quantitative estimate of drug-likeness (QED) is 0.614. The van der Waals surface area contributed by atoms with Crippen molar-refractivity contribution in [1.82, 2.24) is 4.98 Å². The Morgan fingerprint density at radius 2 is 2.06 bits per heavy atom. The molecule has 1 fully saturated rings. The van der Waals surface area contributed by atoms with E-state index in [1.807, 2.05) is 36.6 Å². The number of ether oxygens (including phenoxy) is 2. The monoisotopic (exact) mass is 450 g/mol. The third kappa shape index (κ3) is 3.45. The number of benzene rings is 1. The van der Waals surface area contributed by atoms with Gasteiger partial charge in [0.2, 0.25) is 0 Å². The molecule has 3 aliphatic rings. The predicted octanol–water partition coefficient (Wildman–Crippen LogP) is 4.76. The lowest BCUT2D eigenvalue weighted by atomic mass is 9.74. The van der Waals surface area contributed by atoms with Crippen molar-refractivity contribution in [3.8, 4) is 5.75 Å². The zero-order chi connectivity index (χ0) is 22.4. The fourth-order valence-corrected chi connectivity index (χ4v) is 5.77. The third-order valence-corrected chi connectivity index (χ3v) is 7.44. The molecule has 0 radical (unpaired) electrons. The van der Waals surface area contributed by atoms with Gasteiger partial charge in [0.1, 0.15) is 18.5 Å². The van der Waals surface area contributed by atoms with Crippen molar-refractivity contribution in [3.63, 3.8) is 0 Å². The number of nitrogens with zero attached hydrogens (tertiary/aromatic N) is 2. The van der Waals surface area contributed by atoms with Gasteiger partial charge in [-0.3, -0.25) is 14.5 Å². The minimum atomic E-state index is -0.554. The summed E-state index contributed by atoms with van der Waals surface area (Å²) in [4.78, 5) is 33.5. The Morgan fingerprint density at radius 3 is 2.75 bits per heavy atom. The van der Waals surface area contributed by atoms with E-state index in [-0.39, 0.29) is 29.5 Å². The average Bonchev–Trinajstić information content (AvgIpc) is 3.34. The summed E-state index contributed by atoms with van der Waals surface area (Å²) >= 11 is 1.40. The highest BCUT2D eigenvalue weighted by Gasteiger charge is 2.53. The number of hydrogen-bond donors (Lipinski definition) is 0. The molecule has 0 bridgehead atoms. The van der Waals surface area contributed by atoms with Gasteiger partial charge in [-0.15, -0.1) is 11.3 Å². The first kappa shape index (κ1) is 20.9. The molecule has 6 nitrogen and oxygen atoms in total. The average molecular weight is 451 g/mol. The lowest BCUT2D eigenvalue weighted by Gasteiger charge is -2.37. The predicted molar refractivity (Wildman–Crippen MR) is 123 cm³/mol. The molecule has 4 atom stereocenters. The summed E-state index contributed by atoms with van der Waals surface area (Å²) in [6.45, 7) is 8.15. The van der Waals surface area contributed by atoms with Gasteiger partial charge in [0, 0.05) is 5.38 Å². The number of aromatic nitrogens is 1. The fourth-order valence-electron chi connectivity index (χ4n) is 4.94. The summed E-state index contributed by atoms with van der Waals surface area (Å²) in [6, 6.07) is 6.97. The van der Waals surface area contributed by atoms with E-state index in [1.54, 1.807) is 11.0 Å². The van der Waals surface area contributed by atoms with Crippen LogP contribution in [0.4, 0.5) is 5.13 Å². The highest BCUT2D eigenvalue weighted by molar-refractivity contribution is 7.14. The first-order valence-corrected chi connectivity index (χ1v) is 11.9. The van der Waals surface area contributed by atoms with Crippen LogP contribution in [0.25, 0.3) is 0 Å². The van der Waals surface area contributed by atoms with Gasteiger partial charge in [0.15, 0.2) is 16.7 Å². The van der Waals surface area contributed by atoms with Crippen LogP contribution in [0.5, 0.6) is 5.75 Å². The van der Waals surface area contributed by atoms with Crippen molar-refractivity contribution in [1.29, 1.82) is 0 Å². The summed E-state index contributed by atoms with van der Waals surface area (Å²) in [6.07, 6.45) is 4.09. The Morgan fingerprint density at radius 1 is 1.28 bits per heavy atom. The van der Waals surface area contributed by atoms with Crippen molar-refractivity contribution in [2.75, 3.05) is 11.5 Å². The van der Waals surface area contributed by atoms with Crippen LogP contribution in [0.15, 0.2) is 53.6 Å². The van der Waals surface area contributed by atoms with Gasteiger partial charge in [-0.25, -0.2) is 4.98 Å².